The van der Waals surface area contributed by atoms with Crippen molar-refractivity contribution in [3.05, 3.63) is 29.8 Å². The van der Waals surface area contributed by atoms with Gasteiger partial charge in [-0.05, 0) is 6.07 Å². The van der Waals surface area contributed by atoms with Crippen molar-refractivity contribution < 1.29 is 14.9 Å². The standard InChI is InChI=1S/C8H5NO2.C2H6/c10-7-5-3-1-2-4-6(5)9-8(7)11;1-2/h1-4H,(H,9,10,11);1-2H3/p+1. The molecular formula is C10H12NO2+. The second-order valence-electron chi connectivity index (χ2n) is 2.35. The molecule has 3 nitrogen and oxygen atoms in total. The summed E-state index contributed by atoms with van der Waals surface area (Å²) in [6.45, 7) is 4.00. The molecule has 1 aromatic rings. The minimum atomic E-state index is -0.333. The van der Waals surface area contributed by atoms with Crippen LogP contribution in [0.5, 0.6) is 0 Å². The zero-order valence-electron chi connectivity index (χ0n) is 7.66. The smallest absolute Gasteiger partial charge is 0.414 e. The Morgan fingerprint density at radius 2 is 1.85 bits per heavy atom. The molecule has 0 aromatic heterocycles. The molecule has 1 aromatic carbocycles. The SMILES string of the molecule is CC.O=C1C(O)=[NH+]c2ccccc21. The minimum Gasteiger partial charge on any atom is -0.457 e. The highest BCUT2D eigenvalue weighted by Crippen LogP contribution is 2.12. The first-order chi connectivity index (χ1) is 6.29. The van der Waals surface area contributed by atoms with Gasteiger partial charge in [0.25, 0.3) is 0 Å². The maximum Gasteiger partial charge on any atom is 0.414 e. The van der Waals surface area contributed by atoms with Gasteiger partial charge in [0, 0.05) is 6.07 Å². The van der Waals surface area contributed by atoms with Gasteiger partial charge in [-0.25, -0.2) is 0 Å². The van der Waals surface area contributed by atoms with Gasteiger partial charge in [-0.3, -0.25) is 4.79 Å². The summed E-state index contributed by atoms with van der Waals surface area (Å²) >= 11 is 0. The number of benzene rings is 1. The Hall–Kier alpha value is -1.64. The number of nitrogens with one attached hydrogen (secondary N) is 1. The first kappa shape index (κ1) is 9.45. The van der Waals surface area contributed by atoms with Crippen molar-refractivity contribution in [3.8, 4) is 0 Å². The van der Waals surface area contributed by atoms with E-state index in [4.69, 9.17) is 5.11 Å². The third-order valence-corrected chi connectivity index (χ3v) is 1.64. The lowest BCUT2D eigenvalue weighted by Crippen LogP contribution is -2.64. The predicted molar refractivity (Wildman–Crippen MR) is 50.4 cm³/mol. The van der Waals surface area contributed by atoms with E-state index in [1.165, 1.54) is 0 Å². The Labute approximate surface area is 76.7 Å². The summed E-state index contributed by atoms with van der Waals surface area (Å²) in [5.74, 6) is -0.619. The summed E-state index contributed by atoms with van der Waals surface area (Å²) in [6.07, 6.45) is 0. The first-order valence-electron chi connectivity index (χ1n) is 4.26. The Kier molecular flexibility index (Phi) is 2.80. The van der Waals surface area contributed by atoms with Crippen LogP contribution in [0, 0.1) is 0 Å². The van der Waals surface area contributed by atoms with Crippen molar-refractivity contribution in [3.63, 3.8) is 0 Å². The van der Waals surface area contributed by atoms with Crippen LogP contribution in [0.1, 0.15) is 24.2 Å². The van der Waals surface area contributed by atoms with E-state index in [1.54, 1.807) is 24.3 Å². The van der Waals surface area contributed by atoms with Gasteiger partial charge >= 0.3 is 11.7 Å². The predicted octanol–water partition coefficient (Wildman–Crippen LogP) is 0.578. The van der Waals surface area contributed by atoms with Crippen molar-refractivity contribution in [2.75, 3.05) is 0 Å². The zero-order chi connectivity index (χ0) is 9.84. The molecule has 0 unspecified atom stereocenters. The summed E-state index contributed by atoms with van der Waals surface area (Å²) in [4.78, 5) is 13.6. The summed E-state index contributed by atoms with van der Waals surface area (Å²) in [5.41, 5.74) is 1.21. The van der Waals surface area contributed by atoms with Crippen LogP contribution in [0.2, 0.25) is 0 Å². The summed E-state index contributed by atoms with van der Waals surface area (Å²) < 4.78 is 0. The molecule has 0 saturated heterocycles. The van der Waals surface area contributed by atoms with E-state index in [0.29, 0.717) is 11.3 Å². The molecule has 2 N–H and O–H groups in total. The van der Waals surface area contributed by atoms with E-state index < -0.39 is 0 Å². The van der Waals surface area contributed by atoms with Crippen LogP contribution in [0.25, 0.3) is 0 Å². The summed E-state index contributed by atoms with van der Waals surface area (Å²) in [5, 5.41) is 8.98. The quantitative estimate of drug-likeness (QED) is 0.610. The van der Waals surface area contributed by atoms with Crippen LogP contribution in [-0.2, 0) is 0 Å². The van der Waals surface area contributed by atoms with E-state index in [2.05, 4.69) is 4.99 Å². The van der Waals surface area contributed by atoms with E-state index in [9.17, 15) is 4.79 Å². The van der Waals surface area contributed by atoms with E-state index >= 15 is 0 Å². The van der Waals surface area contributed by atoms with Gasteiger partial charge in [-0.15, -0.1) is 0 Å². The molecule has 0 radical (unpaired) electrons. The molecule has 2 rings (SSSR count). The number of ketones is 1. The Balaban J connectivity index is 0.000000396. The molecule has 1 heterocycles. The average molecular weight is 178 g/mol. The molecule has 0 aliphatic carbocycles. The highest BCUT2D eigenvalue weighted by molar-refractivity contribution is 6.42. The van der Waals surface area contributed by atoms with Crippen molar-refractivity contribution in [1.82, 2.24) is 0 Å². The number of para-hydroxylation sites is 1. The fraction of sp³-hybridized carbons (Fsp3) is 0.200. The number of carbonyl (C=O) groups excluding carboxylic acids is 1. The average Bonchev–Trinajstić information content (AvgIpc) is 2.47. The summed E-state index contributed by atoms with van der Waals surface area (Å²) in [6, 6.07) is 6.99. The topological polar surface area (TPSA) is 51.3 Å². The number of hydrogen-bond acceptors (Lipinski definition) is 1. The van der Waals surface area contributed by atoms with Crippen molar-refractivity contribution >= 4 is 17.4 Å². The molecular weight excluding hydrogens is 166 g/mol. The maximum absolute atomic E-state index is 11.0. The molecule has 0 atom stereocenters. The number of hydrogen-bond donors (Lipinski definition) is 2. The van der Waals surface area contributed by atoms with Crippen LogP contribution in [-0.4, -0.2) is 16.8 Å². The zero-order valence-corrected chi connectivity index (χ0v) is 7.66. The number of fused-ring (bicyclic) bond motifs is 1. The third-order valence-electron chi connectivity index (χ3n) is 1.64. The number of rotatable bonds is 0. The van der Waals surface area contributed by atoms with Crippen molar-refractivity contribution in [1.29, 1.82) is 0 Å². The van der Waals surface area contributed by atoms with Crippen molar-refractivity contribution in [2.24, 2.45) is 0 Å². The van der Waals surface area contributed by atoms with Crippen LogP contribution in [0.15, 0.2) is 24.3 Å². The second-order valence-corrected chi connectivity index (χ2v) is 2.35. The molecule has 3 heteroatoms. The molecule has 0 amide bonds. The van der Waals surface area contributed by atoms with Gasteiger partial charge in [0.15, 0.2) is 0 Å². The Morgan fingerprint density at radius 1 is 1.23 bits per heavy atom. The van der Waals surface area contributed by atoms with E-state index in [1.807, 2.05) is 13.8 Å². The van der Waals surface area contributed by atoms with E-state index in [0.717, 1.165) is 0 Å². The van der Waals surface area contributed by atoms with Crippen LogP contribution < -0.4 is 4.99 Å². The molecule has 0 spiro atoms. The lowest BCUT2D eigenvalue weighted by Gasteiger charge is -1.84. The van der Waals surface area contributed by atoms with E-state index in [-0.39, 0.29) is 11.7 Å². The number of aliphatic hydroxyl groups is 1. The number of aliphatic hydroxyl groups excluding tert-OH is 1. The van der Waals surface area contributed by atoms with Crippen LogP contribution in [0.3, 0.4) is 0 Å². The normalized spacial score (nSPS) is 12.8. The maximum atomic E-state index is 11.0. The highest BCUT2D eigenvalue weighted by Gasteiger charge is 2.30. The molecule has 0 bridgehead atoms. The van der Waals surface area contributed by atoms with Crippen LogP contribution >= 0.6 is 0 Å². The largest absolute Gasteiger partial charge is 0.457 e. The highest BCUT2D eigenvalue weighted by atomic mass is 16.3. The number of Topliss-reactive ketones (excluding diaryl/α,β-unsaturated/α-hetero) is 1. The van der Waals surface area contributed by atoms with Gasteiger partial charge in [-0.2, -0.15) is 4.99 Å². The molecule has 1 aliphatic heterocycles. The summed E-state index contributed by atoms with van der Waals surface area (Å²) in [7, 11) is 0. The van der Waals surface area contributed by atoms with Gasteiger partial charge in [0.2, 0.25) is 5.69 Å². The monoisotopic (exact) mass is 178 g/mol. The lowest BCUT2D eigenvalue weighted by atomic mass is 10.1. The van der Waals surface area contributed by atoms with Gasteiger partial charge < -0.3 is 5.11 Å². The fourth-order valence-corrected chi connectivity index (χ4v) is 1.10. The second kappa shape index (κ2) is 3.85. The van der Waals surface area contributed by atoms with Gasteiger partial charge in [-0.1, -0.05) is 26.0 Å². The van der Waals surface area contributed by atoms with Gasteiger partial charge in [0.05, 0.1) is 0 Å². The Morgan fingerprint density at radius 3 is 2.46 bits per heavy atom. The molecule has 1 aliphatic rings. The number of carbonyl (C=O) groups is 1. The van der Waals surface area contributed by atoms with Crippen LogP contribution in [0.4, 0.5) is 5.69 Å². The Bertz CT molecular complexity index is 356. The molecule has 0 saturated carbocycles. The molecule has 0 fully saturated rings. The first-order valence-corrected chi connectivity index (χ1v) is 4.26. The minimum absolute atomic E-state index is 0.286. The van der Waals surface area contributed by atoms with Crippen molar-refractivity contribution in [2.45, 2.75) is 13.8 Å². The third kappa shape index (κ3) is 1.59. The van der Waals surface area contributed by atoms with Gasteiger partial charge in [0.1, 0.15) is 5.56 Å². The molecule has 13 heavy (non-hydrogen) atoms. The lowest BCUT2D eigenvalue weighted by molar-refractivity contribution is -0.359. The molecule has 68 valence electrons. The fourth-order valence-electron chi connectivity index (χ4n) is 1.10.